The number of ether oxygens (including phenoxy) is 1. The fourth-order valence-corrected chi connectivity index (χ4v) is 2.37. The van der Waals surface area contributed by atoms with Crippen molar-refractivity contribution in [1.29, 1.82) is 0 Å². The van der Waals surface area contributed by atoms with Gasteiger partial charge in [-0.15, -0.1) is 0 Å². The third-order valence-electron chi connectivity index (χ3n) is 2.50. The van der Waals surface area contributed by atoms with Crippen LogP contribution in [0.5, 0.6) is 5.75 Å². The largest absolute Gasteiger partial charge is 0.487 e. The van der Waals surface area contributed by atoms with Crippen molar-refractivity contribution in [3.63, 3.8) is 0 Å². The number of rotatable bonds is 4. The van der Waals surface area contributed by atoms with Crippen molar-refractivity contribution in [2.75, 3.05) is 0 Å². The van der Waals surface area contributed by atoms with Crippen LogP contribution in [0.15, 0.2) is 46.9 Å². The highest BCUT2D eigenvalue weighted by Crippen LogP contribution is 2.26. The molecule has 0 atom stereocenters. The van der Waals surface area contributed by atoms with Crippen molar-refractivity contribution in [2.24, 2.45) is 5.73 Å². The fraction of sp³-hybridized carbons (Fsp3) is 0.0714. The zero-order valence-corrected chi connectivity index (χ0v) is 13.1. The number of hydrogen-bond donors (Lipinski definition) is 1. The van der Waals surface area contributed by atoms with Crippen LogP contribution >= 0.6 is 39.7 Å². The highest BCUT2D eigenvalue weighted by molar-refractivity contribution is 9.10. The van der Waals surface area contributed by atoms with Gasteiger partial charge in [0.2, 0.25) is 0 Å². The Labute approximate surface area is 130 Å². The summed E-state index contributed by atoms with van der Waals surface area (Å²) in [6.07, 6.45) is 0. The van der Waals surface area contributed by atoms with Crippen LogP contribution in [-0.4, -0.2) is 4.99 Å². The molecule has 2 nitrogen and oxygen atoms in total. The predicted octanol–water partition coefficient (Wildman–Crippen LogP) is 4.32. The summed E-state index contributed by atoms with van der Waals surface area (Å²) in [5.41, 5.74) is 7.33. The van der Waals surface area contributed by atoms with Gasteiger partial charge in [0, 0.05) is 10.0 Å². The van der Waals surface area contributed by atoms with E-state index in [4.69, 9.17) is 34.3 Å². The molecule has 2 N–H and O–H groups in total. The lowest BCUT2D eigenvalue weighted by Crippen LogP contribution is -2.09. The summed E-state index contributed by atoms with van der Waals surface area (Å²) in [6.45, 7) is 0.450. The first-order valence-electron chi connectivity index (χ1n) is 5.53. The average Bonchev–Trinajstić information content (AvgIpc) is 2.37. The predicted molar refractivity (Wildman–Crippen MR) is 85.8 cm³/mol. The molecule has 0 aliphatic carbocycles. The molecule has 2 rings (SSSR count). The minimum Gasteiger partial charge on any atom is -0.487 e. The number of benzene rings is 2. The van der Waals surface area contributed by atoms with E-state index < -0.39 is 0 Å². The maximum atomic E-state index is 6.12. The number of halogens is 2. The summed E-state index contributed by atoms with van der Waals surface area (Å²) in [7, 11) is 0. The molecule has 5 heteroatoms. The zero-order chi connectivity index (χ0) is 13.8. The van der Waals surface area contributed by atoms with Crippen LogP contribution in [0.4, 0.5) is 0 Å². The second-order valence-corrected chi connectivity index (χ2v) is 5.69. The van der Waals surface area contributed by atoms with E-state index in [-0.39, 0.29) is 0 Å². The Balaban J connectivity index is 2.10. The number of hydrogen-bond acceptors (Lipinski definition) is 2. The summed E-state index contributed by atoms with van der Waals surface area (Å²) in [6, 6.07) is 13.2. The van der Waals surface area contributed by atoms with Crippen molar-refractivity contribution < 1.29 is 4.74 Å². The third kappa shape index (κ3) is 3.93. The summed E-state index contributed by atoms with van der Waals surface area (Å²) in [5.74, 6) is 0.613. The van der Waals surface area contributed by atoms with Crippen LogP contribution in [0, 0.1) is 0 Å². The smallest absolute Gasteiger partial charge is 0.138 e. The second-order valence-electron chi connectivity index (χ2n) is 3.93. The Morgan fingerprint density at radius 2 is 2.05 bits per heavy atom. The molecule has 2 aromatic carbocycles. The van der Waals surface area contributed by atoms with Gasteiger partial charge >= 0.3 is 0 Å². The molecule has 0 bridgehead atoms. The van der Waals surface area contributed by atoms with E-state index >= 15 is 0 Å². The summed E-state index contributed by atoms with van der Waals surface area (Å²) >= 11 is 14.4. The molecule has 0 amide bonds. The molecule has 0 radical (unpaired) electrons. The van der Waals surface area contributed by atoms with Crippen molar-refractivity contribution in [3.8, 4) is 5.75 Å². The van der Waals surface area contributed by atoms with E-state index in [1.165, 1.54) is 0 Å². The molecule has 0 saturated carbocycles. The van der Waals surface area contributed by atoms with Crippen molar-refractivity contribution in [3.05, 3.63) is 63.1 Å². The first-order valence-corrected chi connectivity index (χ1v) is 7.11. The summed E-state index contributed by atoms with van der Waals surface area (Å²) < 4.78 is 6.69. The quantitative estimate of drug-likeness (QED) is 0.829. The van der Waals surface area contributed by atoms with Crippen LogP contribution in [0.2, 0.25) is 5.02 Å². The van der Waals surface area contributed by atoms with Crippen LogP contribution in [0.25, 0.3) is 0 Å². The Hall–Kier alpha value is -1.10. The second kappa shape index (κ2) is 6.37. The Kier molecular flexibility index (Phi) is 4.80. The molecule has 19 heavy (non-hydrogen) atoms. The number of nitrogens with two attached hydrogens (primary N) is 1. The first-order chi connectivity index (χ1) is 9.06. The minimum atomic E-state index is 0.320. The van der Waals surface area contributed by atoms with E-state index in [0.717, 1.165) is 15.6 Å². The van der Waals surface area contributed by atoms with Crippen LogP contribution in [0.3, 0.4) is 0 Å². The maximum Gasteiger partial charge on any atom is 0.138 e. The van der Waals surface area contributed by atoms with E-state index in [1.807, 2.05) is 24.3 Å². The van der Waals surface area contributed by atoms with Gasteiger partial charge < -0.3 is 10.5 Å². The number of thiocarbonyl (C=S) groups is 1. The highest BCUT2D eigenvalue weighted by Gasteiger charge is 2.05. The van der Waals surface area contributed by atoms with Crippen molar-refractivity contribution in [2.45, 2.75) is 6.61 Å². The average molecular weight is 357 g/mol. The maximum absolute atomic E-state index is 6.12. The van der Waals surface area contributed by atoms with Gasteiger partial charge in [-0.05, 0) is 35.9 Å². The lowest BCUT2D eigenvalue weighted by atomic mass is 10.2. The molecule has 0 aromatic heterocycles. The fourth-order valence-electron chi connectivity index (χ4n) is 1.56. The summed E-state index contributed by atoms with van der Waals surface area (Å²) in [5, 5.41) is 0.500. The summed E-state index contributed by atoms with van der Waals surface area (Å²) in [4.78, 5) is 0.320. The van der Waals surface area contributed by atoms with Gasteiger partial charge in [-0.25, -0.2) is 0 Å². The lowest BCUT2D eigenvalue weighted by molar-refractivity contribution is 0.306. The van der Waals surface area contributed by atoms with E-state index in [9.17, 15) is 0 Å². The highest BCUT2D eigenvalue weighted by atomic mass is 79.9. The minimum absolute atomic E-state index is 0.320. The molecule has 98 valence electrons. The molecule has 0 fully saturated rings. The zero-order valence-electron chi connectivity index (χ0n) is 9.90. The van der Waals surface area contributed by atoms with Crippen molar-refractivity contribution >= 4 is 44.7 Å². The van der Waals surface area contributed by atoms with Gasteiger partial charge in [0.05, 0.1) is 5.02 Å². The lowest BCUT2D eigenvalue weighted by Gasteiger charge is -2.09. The standard InChI is InChI=1S/C14H11BrClNOS/c15-11-3-1-2-9(6-11)8-18-13-5-4-10(14(17)19)7-12(13)16/h1-7H,8H2,(H2,17,19). The topological polar surface area (TPSA) is 35.2 Å². The molecule has 0 aliphatic heterocycles. The van der Waals surface area contributed by atoms with E-state index in [0.29, 0.717) is 22.4 Å². The Morgan fingerprint density at radius 3 is 2.68 bits per heavy atom. The van der Waals surface area contributed by atoms with E-state index in [2.05, 4.69) is 15.9 Å². The molecule has 0 aliphatic rings. The Bertz CT molecular complexity index is 618. The molecular formula is C14H11BrClNOS. The van der Waals surface area contributed by atoms with Gasteiger partial charge in [0.25, 0.3) is 0 Å². The van der Waals surface area contributed by atoms with Crippen molar-refractivity contribution in [1.82, 2.24) is 0 Å². The first kappa shape index (κ1) is 14.3. The molecule has 0 spiro atoms. The molecular weight excluding hydrogens is 346 g/mol. The van der Waals surface area contributed by atoms with Crippen LogP contribution < -0.4 is 10.5 Å². The van der Waals surface area contributed by atoms with Gasteiger partial charge in [-0.2, -0.15) is 0 Å². The van der Waals surface area contributed by atoms with E-state index in [1.54, 1.807) is 18.2 Å². The molecule has 0 heterocycles. The van der Waals surface area contributed by atoms with Gasteiger partial charge in [-0.3, -0.25) is 0 Å². The van der Waals surface area contributed by atoms with Gasteiger partial charge in [-0.1, -0.05) is 51.9 Å². The molecule has 0 unspecified atom stereocenters. The van der Waals surface area contributed by atoms with Gasteiger partial charge in [0.1, 0.15) is 17.3 Å². The molecule has 2 aromatic rings. The van der Waals surface area contributed by atoms with Gasteiger partial charge in [0.15, 0.2) is 0 Å². The molecule has 0 saturated heterocycles. The normalized spacial score (nSPS) is 10.2. The third-order valence-corrected chi connectivity index (χ3v) is 3.52. The van der Waals surface area contributed by atoms with Crippen LogP contribution in [0.1, 0.15) is 11.1 Å². The SMILES string of the molecule is NC(=S)c1ccc(OCc2cccc(Br)c2)c(Cl)c1. The van der Waals surface area contributed by atoms with Crippen LogP contribution in [-0.2, 0) is 6.61 Å². The Morgan fingerprint density at radius 1 is 1.26 bits per heavy atom. The monoisotopic (exact) mass is 355 g/mol.